The Morgan fingerprint density at radius 1 is 1.57 bits per heavy atom. The van der Waals surface area contributed by atoms with Gasteiger partial charge in [0, 0.05) is 12.0 Å². The Balaban J connectivity index is 2.17. The lowest BCUT2D eigenvalue weighted by atomic mass is 9.78. The fraction of sp³-hybridized carbons (Fsp3) is 0.667. The average Bonchev–Trinajstić information content (AvgIpc) is 2.73. The third-order valence-corrected chi connectivity index (χ3v) is 2.25. The molecule has 14 heavy (non-hydrogen) atoms. The first-order chi connectivity index (χ1) is 6.57. The molecule has 75 valence electrons. The van der Waals surface area contributed by atoms with Gasteiger partial charge in [0.1, 0.15) is 0 Å². The van der Waals surface area contributed by atoms with Gasteiger partial charge in [-0.2, -0.15) is 5.10 Å². The fourth-order valence-electron chi connectivity index (χ4n) is 1.33. The summed E-state index contributed by atoms with van der Waals surface area (Å²) < 4.78 is 1.95. The van der Waals surface area contributed by atoms with E-state index in [1.54, 1.807) is 7.48 Å². The van der Waals surface area contributed by atoms with Gasteiger partial charge in [0.15, 0.2) is 0 Å². The van der Waals surface area contributed by atoms with Crippen molar-refractivity contribution < 1.29 is 9.69 Å². The van der Waals surface area contributed by atoms with E-state index in [9.17, 15) is 0 Å². The first kappa shape index (κ1) is 9.74. The molecule has 0 aromatic carbocycles. The summed E-state index contributed by atoms with van der Waals surface area (Å²) in [6.45, 7) is 6.94. The number of hydrogen-bond acceptors (Lipinski definition) is 3. The lowest BCUT2D eigenvalue weighted by Gasteiger charge is -2.18. The molecule has 0 N–H and O–H groups in total. The topological polar surface area (TPSA) is 36.3 Å². The van der Waals surface area contributed by atoms with Gasteiger partial charge in [-0.15, -0.1) is 0 Å². The monoisotopic (exact) mass is 193 g/mol. The van der Waals surface area contributed by atoms with Gasteiger partial charge >= 0.3 is 7.48 Å². The van der Waals surface area contributed by atoms with Crippen molar-refractivity contribution in [2.45, 2.75) is 32.1 Å². The smallest absolute Gasteiger partial charge is 0.310 e. The lowest BCUT2D eigenvalue weighted by Crippen LogP contribution is -2.22. The molecule has 1 radical (unpaired) electrons. The van der Waals surface area contributed by atoms with Crippen LogP contribution in [-0.2, 0) is 15.2 Å². The highest BCUT2D eigenvalue weighted by Gasteiger charge is 2.25. The Bertz CT molecular complexity index is 313. The third kappa shape index (κ3) is 1.83. The lowest BCUT2D eigenvalue weighted by molar-refractivity contribution is -0.183. The fourth-order valence-corrected chi connectivity index (χ4v) is 1.33. The molecule has 1 aliphatic heterocycles. The van der Waals surface area contributed by atoms with Crippen LogP contribution in [0.5, 0.6) is 0 Å². The van der Waals surface area contributed by atoms with E-state index in [1.807, 2.05) is 17.1 Å². The summed E-state index contributed by atoms with van der Waals surface area (Å²) in [5.74, 6) is 0.214. The third-order valence-electron chi connectivity index (χ3n) is 2.25. The zero-order valence-corrected chi connectivity index (χ0v) is 8.73. The Labute approximate surface area is 84.4 Å². The largest absolute Gasteiger partial charge is 0.354 e. The van der Waals surface area contributed by atoms with Crippen molar-refractivity contribution in [2.24, 2.45) is 0 Å². The van der Waals surface area contributed by atoms with E-state index in [2.05, 4.69) is 25.9 Å². The van der Waals surface area contributed by atoms with Crippen LogP contribution < -0.4 is 0 Å². The first-order valence-corrected chi connectivity index (χ1v) is 4.74. The number of hydrogen-bond donors (Lipinski definition) is 0. The van der Waals surface area contributed by atoms with Crippen LogP contribution in [0.15, 0.2) is 12.4 Å². The predicted molar refractivity (Wildman–Crippen MR) is 52.8 cm³/mol. The SMILES string of the molecule is CC(C)(C)n1cc(C2[B]OOC2)cn1. The summed E-state index contributed by atoms with van der Waals surface area (Å²) in [5, 5.41) is 4.32. The zero-order chi connectivity index (χ0) is 10.2. The molecule has 2 heterocycles. The molecule has 4 nitrogen and oxygen atoms in total. The maximum Gasteiger partial charge on any atom is 0.354 e. The molecule has 1 fully saturated rings. The van der Waals surface area contributed by atoms with Crippen molar-refractivity contribution in [3.05, 3.63) is 18.0 Å². The number of aromatic nitrogens is 2. The minimum Gasteiger partial charge on any atom is -0.310 e. The van der Waals surface area contributed by atoms with Gasteiger partial charge in [-0.05, 0) is 26.3 Å². The van der Waals surface area contributed by atoms with Gasteiger partial charge in [-0.25, -0.2) is 0 Å². The second kappa shape index (κ2) is 3.40. The van der Waals surface area contributed by atoms with Crippen molar-refractivity contribution in [2.75, 3.05) is 6.61 Å². The zero-order valence-electron chi connectivity index (χ0n) is 8.73. The molecule has 0 amide bonds. The Morgan fingerprint density at radius 3 is 2.86 bits per heavy atom. The molecule has 0 aliphatic carbocycles. The minimum atomic E-state index is 0.0264. The maximum atomic E-state index is 4.81. The maximum absolute atomic E-state index is 4.81. The molecule has 2 rings (SSSR count). The quantitative estimate of drug-likeness (QED) is 0.497. The van der Waals surface area contributed by atoms with Crippen LogP contribution >= 0.6 is 0 Å². The van der Waals surface area contributed by atoms with Crippen LogP contribution in [0.25, 0.3) is 0 Å². The van der Waals surface area contributed by atoms with Gasteiger partial charge in [-0.1, -0.05) is 0 Å². The molecule has 1 unspecified atom stereocenters. The van der Waals surface area contributed by atoms with E-state index in [1.165, 1.54) is 0 Å². The molecule has 1 aliphatic rings. The van der Waals surface area contributed by atoms with Crippen molar-refractivity contribution in [3.8, 4) is 0 Å². The molecule has 0 saturated carbocycles. The summed E-state index contributed by atoms with van der Waals surface area (Å²) in [5.41, 5.74) is 1.16. The summed E-state index contributed by atoms with van der Waals surface area (Å²) >= 11 is 0. The normalized spacial score (nSPS) is 22.4. The van der Waals surface area contributed by atoms with Crippen molar-refractivity contribution in [3.63, 3.8) is 0 Å². The Morgan fingerprint density at radius 2 is 2.36 bits per heavy atom. The van der Waals surface area contributed by atoms with Crippen LogP contribution in [0.4, 0.5) is 0 Å². The van der Waals surface area contributed by atoms with Gasteiger partial charge in [0.05, 0.1) is 18.3 Å². The molecular weight excluding hydrogens is 179 g/mol. The summed E-state index contributed by atoms with van der Waals surface area (Å²) in [7, 11) is 1.70. The molecule has 0 bridgehead atoms. The minimum absolute atomic E-state index is 0.0264. The number of nitrogens with zero attached hydrogens (tertiary/aromatic N) is 2. The van der Waals surface area contributed by atoms with E-state index in [4.69, 9.17) is 9.69 Å². The van der Waals surface area contributed by atoms with Gasteiger partial charge < -0.3 is 4.81 Å². The first-order valence-electron chi connectivity index (χ1n) is 4.74. The van der Waals surface area contributed by atoms with Crippen LogP contribution in [0.1, 0.15) is 32.2 Å². The van der Waals surface area contributed by atoms with Crippen LogP contribution in [0, 0.1) is 0 Å². The van der Waals surface area contributed by atoms with Gasteiger partial charge in [-0.3, -0.25) is 9.57 Å². The second-order valence-electron chi connectivity index (χ2n) is 4.51. The number of rotatable bonds is 1. The van der Waals surface area contributed by atoms with E-state index in [0.717, 1.165) is 5.56 Å². The molecule has 1 aromatic rings. The highest BCUT2D eigenvalue weighted by molar-refractivity contribution is 6.30. The predicted octanol–water partition coefficient (Wildman–Crippen LogP) is 1.26. The highest BCUT2D eigenvalue weighted by atomic mass is 17.2. The van der Waals surface area contributed by atoms with E-state index < -0.39 is 0 Å². The van der Waals surface area contributed by atoms with Crippen LogP contribution in [0.3, 0.4) is 0 Å². The van der Waals surface area contributed by atoms with Gasteiger partial charge in [0.25, 0.3) is 0 Å². The second-order valence-corrected chi connectivity index (χ2v) is 4.51. The summed E-state index contributed by atoms with van der Waals surface area (Å²) in [4.78, 5) is 9.56. The molecule has 1 aromatic heterocycles. The van der Waals surface area contributed by atoms with Crippen LogP contribution in [0.2, 0.25) is 0 Å². The molecule has 1 atom stereocenters. The van der Waals surface area contributed by atoms with Gasteiger partial charge in [0.2, 0.25) is 0 Å². The van der Waals surface area contributed by atoms with E-state index in [0.29, 0.717) is 6.61 Å². The van der Waals surface area contributed by atoms with Crippen molar-refractivity contribution in [1.82, 2.24) is 9.78 Å². The average molecular weight is 193 g/mol. The Hall–Kier alpha value is -0.805. The summed E-state index contributed by atoms with van der Waals surface area (Å²) in [6, 6.07) is 0. The Kier molecular flexibility index (Phi) is 2.37. The highest BCUT2D eigenvalue weighted by Crippen LogP contribution is 2.21. The molecule has 0 spiro atoms. The van der Waals surface area contributed by atoms with Crippen molar-refractivity contribution >= 4 is 7.48 Å². The molecule has 1 saturated heterocycles. The standard InChI is InChI=1S/C9H14BN2O2/c1-9(2,3)12-5-7(4-11-12)8-6-13-14-10-8/h4-5,8H,6H2,1-3H3. The molecule has 5 heteroatoms. The van der Waals surface area contributed by atoms with Crippen LogP contribution in [-0.4, -0.2) is 23.9 Å². The summed E-state index contributed by atoms with van der Waals surface area (Å²) in [6.07, 6.45) is 3.91. The van der Waals surface area contributed by atoms with E-state index >= 15 is 0 Å². The van der Waals surface area contributed by atoms with Crippen molar-refractivity contribution in [1.29, 1.82) is 0 Å². The molecular formula is C9H14BN2O2. The van der Waals surface area contributed by atoms with E-state index in [-0.39, 0.29) is 11.4 Å².